The van der Waals surface area contributed by atoms with Gasteiger partial charge in [-0.15, -0.1) is 0 Å². The van der Waals surface area contributed by atoms with Crippen LogP contribution in [0, 0.1) is 0 Å². The van der Waals surface area contributed by atoms with Crippen molar-refractivity contribution in [3.8, 4) is 0 Å². The molecular weight excluding hydrogens is 436 g/mol. The van der Waals surface area contributed by atoms with Gasteiger partial charge in [0.05, 0.1) is 7.11 Å². The average Bonchev–Trinajstić information content (AvgIpc) is 2.80. The van der Waals surface area contributed by atoms with Crippen LogP contribution in [0.2, 0.25) is 0 Å². The molecule has 7 heteroatoms. The van der Waals surface area contributed by atoms with Crippen molar-refractivity contribution in [3.05, 3.63) is 71.3 Å². The maximum absolute atomic E-state index is 13.2. The van der Waals surface area contributed by atoms with Gasteiger partial charge in [-0.05, 0) is 47.1 Å². The number of thioether (sulfide) groups is 1. The lowest BCUT2D eigenvalue weighted by Crippen LogP contribution is -2.52. The predicted octanol–water partition coefficient (Wildman–Crippen LogP) is 3.74. The van der Waals surface area contributed by atoms with Gasteiger partial charge >= 0.3 is 5.97 Å². The normalized spacial score (nSPS) is 13.0. The Morgan fingerprint density at radius 1 is 0.939 bits per heavy atom. The number of hydrogen-bond acceptors (Lipinski definition) is 5. The standard InChI is InChI=1S/C26H34N2O4S/c1-26(2,3)20-13-11-19(12-14-20)23(29)28-22(17-18-9-7-6-8-10-18)24(30)27-21(15-16-33-5)25(31)32-4/h6-14,21-22H,15-17H2,1-5H3,(H,27,30)(H,28,29)/t21-,22+/m1/s1. The first kappa shape index (κ1) is 26.5. The average molecular weight is 471 g/mol. The zero-order valence-corrected chi connectivity index (χ0v) is 20.8. The van der Waals surface area contributed by atoms with Crippen LogP contribution >= 0.6 is 11.8 Å². The Hall–Kier alpha value is -2.80. The van der Waals surface area contributed by atoms with Gasteiger partial charge in [0.15, 0.2) is 0 Å². The van der Waals surface area contributed by atoms with Crippen LogP contribution in [0.4, 0.5) is 0 Å². The van der Waals surface area contributed by atoms with E-state index >= 15 is 0 Å². The summed E-state index contributed by atoms with van der Waals surface area (Å²) >= 11 is 1.58. The minimum atomic E-state index is -0.844. The summed E-state index contributed by atoms with van der Waals surface area (Å²) in [7, 11) is 1.30. The monoisotopic (exact) mass is 470 g/mol. The van der Waals surface area contributed by atoms with Gasteiger partial charge in [0.25, 0.3) is 5.91 Å². The Kier molecular flexibility index (Phi) is 9.97. The summed E-state index contributed by atoms with van der Waals surface area (Å²) in [5.74, 6) is -0.573. The number of hydrogen-bond donors (Lipinski definition) is 2. The molecule has 0 fully saturated rings. The topological polar surface area (TPSA) is 84.5 Å². The van der Waals surface area contributed by atoms with Crippen molar-refractivity contribution in [1.82, 2.24) is 10.6 Å². The molecule has 0 radical (unpaired) electrons. The highest BCUT2D eigenvalue weighted by molar-refractivity contribution is 7.98. The maximum atomic E-state index is 13.2. The molecular formula is C26H34N2O4S. The highest BCUT2D eigenvalue weighted by Crippen LogP contribution is 2.22. The SMILES string of the molecule is COC(=O)[C@@H](CCSC)NC(=O)[C@H](Cc1ccccc1)NC(=O)c1ccc(C(C)(C)C)cc1. The third kappa shape index (κ3) is 8.24. The second-order valence-electron chi connectivity index (χ2n) is 8.91. The third-order valence-corrected chi connectivity index (χ3v) is 5.97. The number of ether oxygens (including phenoxy) is 1. The summed E-state index contributed by atoms with van der Waals surface area (Å²) in [5, 5.41) is 5.62. The lowest BCUT2D eigenvalue weighted by Gasteiger charge is -2.23. The van der Waals surface area contributed by atoms with Gasteiger partial charge in [0.1, 0.15) is 12.1 Å². The first-order valence-corrected chi connectivity index (χ1v) is 12.4. The van der Waals surface area contributed by atoms with Gasteiger partial charge in [0, 0.05) is 12.0 Å². The first-order chi connectivity index (χ1) is 15.7. The minimum absolute atomic E-state index is 0.0234. The quantitative estimate of drug-likeness (QED) is 0.517. The number of amides is 2. The number of carbonyl (C=O) groups excluding carboxylic acids is 3. The molecule has 2 rings (SSSR count). The van der Waals surface area contributed by atoms with Crippen LogP contribution in [-0.4, -0.2) is 49.0 Å². The van der Waals surface area contributed by atoms with E-state index in [0.29, 0.717) is 24.2 Å². The largest absolute Gasteiger partial charge is 0.467 e. The second kappa shape index (κ2) is 12.4. The van der Waals surface area contributed by atoms with Crippen molar-refractivity contribution < 1.29 is 19.1 Å². The fourth-order valence-electron chi connectivity index (χ4n) is 3.32. The van der Waals surface area contributed by atoms with Crippen LogP contribution < -0.4 is 10.6 Å². The van der Waals surface area contributed by atoms with E-state index in [1.165, 1.54) is 7.11 Å². The molecule has 2 atom stereocenters. The van der Waals surface area contributed by atoms with Crippen molar-refractivity contribution in [1.29, 1.82) is 0 Å². The lowest BCUT2D eigenvalue weighted by atomic mass is 9.86. The smallest absolute Gasteiger partial charge is 0.328 e. The van der Waals surface area contributed by atoms with Crippen molar-refractivity contribution in [2.75, 3.05) is 19.1 Å². The molecule has 0 spiro atoms. The maximum Gasteiger partial charge on any atom is 0.328 e. The van der Waals surface area contributed by atoms with Gasteiger partial charge in [-0.2, -0.15) is 11.8 Å². The highest BCUT2D eigenvalue weighted by atomic mass is 32.2. The summed E-state index contributed by atoms with van der Waals surface area (Å²) in [6, 6.07) is 15.2. The molecule has 33 heavy (non-hydrogen) atoms. The fraction of sp³-hybridized carbons (Fsp3) is 0.423. The Balaban J connectivity index is 2.21. The Bertz CT molecular complexity index is 924. The summed E-state index contributed by atoms with van der Waals surface area (Å²) in [4.78, 5) is 38.3. The van der Waals surface area contributed by atoms with E-state index in [0.717, 1.165) is 11.1 Å². The van der Waals surface area contributed by atoms with E-state index in [4.69, 9.17) is 4.74 Å². The van der Waals surface area contributed by atoms with E-state index in [1.807, 2.05) is 48.7 Å². The molecule has 0 unspecified atom stereocenters. The van der Waals surface area contributed by atoms with Crippen LogP contribution in [0.25, 0.3) is 0 Å². The number of carbonyl (C=O) groups is 3. The Labute approximate surface area is 200 Å². The molecule has 178 valence electrons. The molecule has 0 aliphatic carbocycles. The van der Waals surface area contributed by atoms with E-state index in [9.17, 15) is 14.4 Å². The summed E-state index contributed by atoms with van der Waals surface area (Å²) in [6.45, 7) is 6.32. The number of nitrogens with one attached hydrogen (secondary N) is 2. The van der Waals surface area contributed by atoms with Crippen molar-refractivity contribution in [3.63, 3.8) is 0 Å². The van der Waals surface area contributed by atoms with Gasteiger partial charge in [-0.1, -0.05) is 63.2 Å². The van der Waals surface area contributed by atoms with Gasteiger partial charge < -0.3 is 15.4 Å². The number of benzene rings is 2. The highest BCUT2D eigenvalue weighted by Gasteiger charge is 2.27. The van der Waals surface area contributed by atoms with Crippen molar-refractivity contribution in [2.24, 2.45) is 0 Å². The van der Waals surface area contributed by atoms with Crippen LogP contribution in [0.3, 0.4) is 0 Å². The fourth-order valence-corrected chi connectivity index (χ4v) is 3.79. The molecule has 0 heterocycles. The Morgan fingerprint density at radius 3 is 2.12 bits per heavy atom. The molecule has 2 aromatic carbocycles. The molecule has 2 aromatic rings. The van der Waals surface area contributed by atoms with E-state index < -0.39 is 24.0 Å². The van der Waals surface area contributed by atoms with Gasteiger partial charge in [0.2, 0.25) is 5.91 Å². The van der Waals surface area contributed by atoms with E-state index in [1.54, 1.807) is 23.9 Å². The molecule has 0 bridgehead atoms. The minimum Gasteiger partial charge on any atom is -0.467 e. The van der Waals surface area contributed by atoms with Gasteiger partial charge in [-0.3, -0.25) is 9.59 Å². The second-order valence-corrected chi connectivity index (χ2v) is 9.89. The molecule has 2 N–H and O–H groups in total. The zero-order valence-electron chi connectivity index (χ0n) is 20.0. The number of rotatable bonds is 10. The van der Waals surface area contributed by atoms with Gasteiger partial charge in [-0.25, -0.2) is 4.79 Å². The summed E-state index contributed by atoms with van der Waals surface area (Å²) in [5.41, 5.74) is 2.47. The molecule has 0 aromatic heterocycles. The van der Waals surface area contributed by atoms with Crippen LogP contribution in [-0.2, 0) is 26.2 Å². The Morgan fingerprint density at radius 2 is 1.58 bits per heavy atom. The van der Waals surface area contributed by atoms with Crippen LogP contribution in [0.1, 0.15) is 48.7 Å². The number of methoxy groups -OCH3 is 1. The summed E-state index contributed by atoms with van der Waals surface area (Å²) < 4.78 is 4.85. The molecule has 0 aliphatic rings. The van der Waals surface area contributed by atoms with E-state index in [-0.39, 0.29) is 11.3 Å². The molecule has 0 aliphatic heterocycles. The molecule has 0 saturated heterocycles. The van der Waals surface area contributed by atoms with Crippen LogP contribution in [0.15, 0.2) is 54.6 Å². The molecule has 2 amide bonds. The number of esters is 1. The zero-order chi connectivity index (χ0) is 24.4. The predicted molar refractivity (Wildman–Crippen MR) is 133 cm³/mol. The van der Waals surface area contributed by atoms with Crippen LogP contribution in [0.5, 0.6) is 0 Å². The van der Waals surface area contributed by atoms with E-state index in [2.05, 4.69) is 31.4 Å². The third-order valence-electron chi connectivity index (χ3n) is 5.33. The van der Waals surface area contributed by atoms with Crippen molar-refractivity contribution >= 4 is 29.5 Å². The molecule has 0 saturated carbocycles. The van der Waals surface area contributed by atoms with Crippen molar-refractivity contribution in [2.45, 2.75) is 51.1 Å². The summed E-state index contributed by atoms with van der Waals surface area (Å²) in [6.07, 6.45) is 2.67. The molecule has 6 nitrogen and oxygen atoms in total. The lowest BCUT2D eigenvalue weighted by molar-refractivity contribution is -0.145. The first-order valence-electron chi connectivity index (χ1n) is 11.0.